The molecule has 5 aromatic rings. The van der Waals surface area contributed by atoms with Gasteiger partial charge in [0, 0.05) is 29.7 Å². The number of carbonyl (C=O) groups is 3. The molecule has 1 saturated heterocycles. The minimum absolute atomic E-state index is 0.0313. The summed E-state index contributed by atoms with van der Waals surface area (Å²) in [5.41, 5.74) is -0.356. The monoisotopic (exact) mass is 867 g/mol. The van der Waals surface area contributed by atoms with E-state index in [-0.39, 0.29) is 61.0 Å². The van der Waals surface area contributed by atoms with E-state index in [4.69, 9.17) is 9.15 Å². The zero-order valence-corrected chi connectivity index (χ0v) is 35.1. The maximum Gasteiger partial charge on any atom is 0.416 e. The Bertz CT molecular complexity index is 2750. The molecule has 1 aliphatic heterocycles. The predicted molar refractivity (Wildman–Crippen MR) is 223 cm³/mol. The lowest BCUT2D eigenvalue weighted by Crippen LogP contribution is -2.48. The van der Waals surface area contributed by atoms with Gasteiger partial charge in [-0.3, -0.25) is 19.1 Å². The number of sulfonamides is 1. The van der Waals surface area contributed by atoms with E-state index in [0.717, 1.165) is 17.7 Å². The third kappa shape index (κ3) is 8.30. The van der Waals surface area contributed by atoms with Crippen molar-refractivity contribution >= 4 is 49.7 Å². The summed E-state index contributed by atoms with van der Waals surface area (Å²) in [7, 11) is -3.92. The number of rotatable bonds is 13. The molecule has 62 heavy (non-hydrogen) atoms. The average Bonchev–Trinajstić information content (AvgIpc) is 4.14. The Morgan fingerprint density at radius 1 is 1.05 bits per heavy atom. The Labute approximate surface area is 356 Å². The van der Waals surface area contributed by atoms with Crippen LogP contribution in [0.1, 0.15) is 69.6 Å². The number of ether oxygens (including phenoxy) is 1. The molecule has 0 radical (unpaired) electrons. The summed E-state index contributed by atoms with van der Waals surface area (Å²) in [5.74, 6) is -2.71. The highest BCUT2D eigenvalue weighted by atomic mass is 32.2. The number of ketones is 1. The van der Waals surface area contributed by atoms with Gasteiger partial charge in [0.05, 0.1) is 40.4 Å². The Hall–Kier alpha value is -6.08. The number of fused-ring (bicyclic) bond motifs is 3. The number of Topliss-reactive ketones (excluding diaryl/α,β-unsaturated/α-hetero) is 1. The van der Waals surface area contributed by atoms with E-state index in [2.05, 4.69) is 27.3 Å². The van der Waals surface area contributed by atoms with Gasteiger partial charge in [0.1, 0.15) is 17.2 Å². The highest BCUT2D eigenvalue weighted by Gasteiger charge is 2.61. The van der Waals surface area contributed by atoms with Crippen LogP contribution in [0, 0.1) is 34.0 Å². The third-order valence-corrected chi connectivity index (χ3v) is 14.1. The van der Waals surface area contributed by atoms with Gasteiger partial charge in [0.15, 0.2) is 11.6 Å². The zero-order chi connectivity index (χ0) is 44.4. The second-order valence-corrected chi connectivity index (χ2v) is 19.6. The standard InChI is InChI=1S/C46H44F3N5O7S/c1-5-29-22-45(29,43(57)53-62(58,59)32-18-19-32)23-36(55)35-21-31(25-54(35)42(56)34(44(2,3)4)20-26-10-12-27(24-50)13-11-26)60-41-39-38(33-8-6-7-9-37(33)61-39)51-40(52-41)28-14-16-30(17-15-28)46(47,48)49/h5-17,29,31-32,34-35H,1,18-23,25H2,2-4H3,(H,53,57)/t29-,31-,34-,35+,45-/m1/s1. The van der Waals surface area contributed by atoms with Crippen LogP contribution in [0.3, 0.4) is 0 Å². The number of halogens is 3. The number of amides is 2. The third-order valence-electron chi connectivity index (χ3n) is 12.3. The molecule has 322 valence electrons. The molecule has 0 spiro atoms. The molecule has 16 heteroatoms. The number of para-hydroxylation sites is 1. The molecule has 3 aromatic carbocycles. The zero-order valence-electron chi connectivity index (χ0n) is 34.2. The van der Waals surface area contributed by atoms with Crippen molar-refractivity contribution < 1.29 is 45.1 Å². The Morgan fingerprint density at radius 3 is 2.35 bits per heavy atom. The first-order chi connectivity index (χ1) is 29.3. The topological polar surface area (TPSA) is 173 Å². The van der Waals surface area contributed by atoms with Gasteiger partial charge in [0.2, 0.25) is 27.4 Å². The van der Waals surface area contributed by atoms with Gasteiger partial charge >= 0.3 is 6.18 Å². The lowest BCUT2D eigenvalue weighted by atomic mass is 9.76. The highest BCUT2D eigenvalue weighted by Crippen LogP contribution is 2.57. The lowest BCUT2D eigenvalue weighted by Gasteiger charge is -2.35. The van der Waals surface area contributed by atoms with Crippen LogP contribution < -0.4 is 9.46 Å². The average molecular weight is 868 g/mol. The molecule has 12 nitrogen and oxygen atoms in total. The first-order valence-corrected chi connectivity index (χ1v) is 21.9. The molecule has 3 aliphatic rings. The van der Waals surface area contributed by atoms with Gasteiger partial charge in [-0.25, -0.2) is 13.4 Å². The van der Waals surface area contributed by atoms with Crippen molar-refractivity contribution in [3.63, 3.8) is 0 Å². The van der Waals surface area contributed by atoms with Crippen LogP contribution in [0.15, 0.2) is 89.9 Å². The Balaban J connectivity index is 1.15. The molecule has 2 amide bonds. The van der Waals surface area contributed by atoms with Crippen molar-refractivity contribution in [1.29, 1.82) is 5.26 Å². The van der Waals surface area contributed by atoms with Crippen molar-refractivity contribution in [2.45, 2.75) is 82.9 Å². The number of nitriles is 1. The first kappa shape index (κ1) is 42.6. The quantitative estimate of drug-likeness (QED) is 0.115. The molecule has 5 atom stereocenters. The van der Waals surface area contributed by atoms with Crippen molar-refractivity contribution in [3.05, 3.63) is 102 Å². The second kappa shape index (κ2) is 15.7. The van der Waals surface area contributed by atoms with E-state index in [1.807, 2.05) is 20.8 Å². The van der Waals surface area contributed by atoms with Gasteiger partial charge in [-0.05, 0) is 79.0 Å². The minimum atomic E-state index is -4.56. The summed E-state index contributed by atoms with van der Waals surface area (Å²) in [6, 6.07) is 19.3. The number of furan rings is 1. The van der Waals surface area contributed by atoms with E-state index < -0.39 is 73.5 Å². The van der Waals surface area contributed by atoms with Crippen molar-refractivity contribution in [2.75, 3.05) is 6.54 Å². The number of hydrogen-bond acceptors (Lipinski definition) is 10. The van der Waals surface area contributed by atoms with Crippen LogP contribution >= 0.6 is 0 Å². The Morgan fingerprint density at radius 2 is 1.74 bits per heavy atom. The normalized spacial score (nSPS) is 22.0. The SMILES string of the molecule is C=C[C@@H]1C[C@]1(CC(=O)[C@@H]1C[C@@H](Oc2nc(-c3ccc(C(F)(F)F)cc3)nc3c2oc2ccccc23)CN1C(=O)[C@@H](Cc1ccc(C#N)cc1)C(C)(C)C)C(=O)NS(=O)(=O)C1CC1. The van der Waals surface area contributed by atoms with Gasteiger partial charge in [-0.15, -0.1) is 6.58 Å². The summed E-state index contributed by atoms with van der Waals surface area (Å²) < 4.78 is 81.1. The predicted octanol–water partition coefficient (Wildman–Crippen LogP) is 7.95. The van der Waals surface area contributed by atoms with E-state index in [0.29, 0.717) is 34.9 Å². The summed E-state index contributed by atoms with van der Waals surface area (Å²) in [6.07, 6.45) is -2.91. The number of benzene rings is 3. The number of alkyl halides is 3. The summed E-state index contributed by atoms with van der Waals surface area (Å²) in [5, 5.41) is 9.30. The number of aromatic nitrogens is 2. The smallest absolute Gasteiger partial charge is 0.416 e. The van der Waals surface area contributed by atoms with Gasteiger partial charge in [-0.2, -0.15) is 23.4 Å². The molecular formula is C46H44F3N5O7S. The van der Waals surface area contributed by atoms with Crippen LogP contribution in [-0.2, 0) is 37.0 Å². The maximum atomic E-state index is 15.0. The summed E-state index contributed by atoms with van der Waals surface area (Å²) in [6.45, 7) is 9.49. The second-order valence-electron chi connectivity index (χ2n) is 17.6. The molecule has 3 fully saturated rings. The van der Waals surface area contributed by atoms with Crippen molar-refractivity contribution in [1.82, 2.24) is 19.6 Å². The van der Waals surface area contributed by atoms with E-state index in [1.165, 1.54) is 23.1 Å². The lowest BCUT2D eigenvalue weighted by molar-refractivity contribution is -0.144. The van der Waals surface area contributed by atoms with E-state index in [9.17, 15) is 41.2 Å². The molecule has 1 N–H and O–H groups in total. The number of allylic oxidation sites excluding steroid dienone is 1. The molecule has 8 rings (SSSR count). The molecule has 0 unspecified atom stereocenters. The van der Waals surface area contributed by atoms with E-state index in [1.54, 1.807) is 48.5 Å². The molecule has 2 saturated carbocycles. The van der Waals surface area contributed by atoms with Crippen molar-refractivity contribution in [2.24, 2.45) is 22.7 Å². The molecule has 2 aliphatic carbocycles. The Kier molecular flexibility index (Phi) is 10.8. The number of nitrogens with zero attached hydrogens (tertiary/aromatic N) is 4. The molecular weight excluding hydrogens is 824 g/mol. The number of hydrogen-bond donors (Lipinski definition) is 1. The number of likely N-dealkylation sites (tertiary alicyclic amines) is 1. The van der Waals surface area contributed by atoms with Gasteiger partial charge in [0.25, 0.3) is 5.88 Å². The van der Waals surface area contributed by atoms with Crippen LogP contribution in [0.25, 0.3) is 33.5 Å². The largest absolute Gasteiger partial charge is 0.470 e. The number of carbonyl (C=O) groups excluding carboxylic acids is 3. The van der Waals surface area contributed by atoms with Crippen LogP contribution in [-0.4, -0.2) is 64.8 Å². The molecule has 3 heterocycles. The molecule has 2 aromatic heterocycles. The summed E-state index contributed by atoms with van der Waals surface area (Å²) >= 11 is 0. The van der Waals surface area contributed by atoms with Gasteiger partial charge in [-0.1, -0.05) is 63.2 Å². The van der Waals surface area contributed by atoms with Crippen LogP contribution in [0.2, 0.25) is 0 Å². The van der Waals surface area contributed by atoms with Gasteiger partial charge < -0.3 is 14.1 Å². The highest BCUT2D eigenvalue weighted by molar-refractivity contribution is 7.90. The molecule has 0 bridgehead atoms. The van der Waals surface area contributed by atoms with Crippen LogP contribution in [0.5, 0.6) is 5.88 Å². The minimum Gasteiger partial charge on any atom is -0.470 e. The maximum absolute atomic E-state index is 15.0. The fourth-order valence-electron chi connectivity index (χ4n) is 8.40. The van der Waals surface area contributed by atoms with E-state index >= 15 is 0 Å². The van der Waals surface area contributed by atoms with Crippen molar-refractivity contribution in [3.8, 4) is 23.3 Å². The fourth-order valence-corrected chi connectivity index (χ4v) is 9.78. The fraction of sp³-hybridized carbons (Fsp3) is 0.391. The van der Waals surface area contributed by atoms with Crippen LogP contribution in [0.4, 0.5) is 13.2 Å². The number of nitrogens with one attached hydrogen (secondary N) is 1. The summed E-state index contributed by atoms with van der Waals surface area (Å²) in [4.78, 5) is 54.2. The first-order valence-electron chi connectivity index (χ1n) is 20.4.